The van der Waals surface area contributed by atoms with Crippen LogP contribution >= 0.6 is 0 Å². The number of benzene rings is 1. The summed E-state index contributed by atoms with van der Waals surface area (Å²) in [7, 11) is 1.31. The van der Waals surface area contributed by atoms with Crippen molar-refractivity contribution in [3.8, 4) is 5.75 Å². The molecular weight excluding hydrogens is 210 g/mol. The van der Waals surface area contributed by atoms with Gasteiger partial charge < -0.3 is 15.9 Å². The van der Waals surface area contributed by atoms with Gasteiger partial charge in [0.1, 0.15) is 11.8 Å². The molecule has 0 aliphatic rings. The Bertz CT molecular complexity index is 300. The molecule has 4 N–H and O–H groups in total. The van der Waals surface area contributed by atoms with Crippen molar-refractivity contribution in [1.82, 2.24) is 0 Å². The second-order valence-corrected chi connectivity index (χ2v) is 2.82. The minimum atomic E-state index is -1.02. The number of aromatic hydroxyl groups is 1. The minimum Gasteiger partial charge on any atom is -0.508 e. The normalized spacial score (nSPS) is 11.3. The number of carboxylic acids is 1. The summed E-state index contributed by atoms with van der Waals surface area (Å²) in [4.78, 5) is 10.4. The predicted molar refractivity (Wildman–Crippen MR) is 63.2 cm³/mol. The molecule has 0 saturated carbocycles. The Labute approximate surface area is 92.2 Å². The summed E-state index contributed by atoms with van der Waals surface area (Å²) in [6.07, 6.45) is 0.273. The van der Waals surface area contributed by atoms with Crippen molar-refractivity contribution in [1.29, 1.82) is 0 Å². The quantitative estimate of drug-likeness (QED) is 0.622. The molecule has 1 aromatic carbocycles. The molecule has 5 heteroatoms. The van der Waals surface area contributed by atoms with Gasteiger partial charge in [0.05, 0.1) is 0 Å². The molecule has 0 bridgehead atoms. The van der Waals surface area contributed by atoms with Crippen molar-refractivity contribution in [2.75, 3.05) is 0 Å². The fourth-order valence-electron chi connectivity index (χ4n) is 0.973. The second kappa shape index (κ2) is 7.02. The molecule has 0 aliphatic carbocycles. The average molecular weight is 227 g/mol. The first-order chi connectivity index (χ1) is 7.09. The van der Waals surface area contributed by atoms with Gasteiger partial charge in [0.25, 0.3) is 0 Å². The molecule has 0 aliphatic heterocycles. The van der Waals surface area contributed by atoms with E-state index in [1.807, 2.05) is 0 Å². The third-order valence-corrected chi connectivity index (χ3v) is 1.71. The highest BCUT2D eigenvalue weighted by Crippen LogP contribution is 2.10. The van der Waals surface area contributed by atoms with Gasteiger partial charge in [-0.3, -0.25) is 4.79 Å². The first kappa shape index (κ1) is 13.7. The van der Waals surface area contributed by atoms with E-state index in [9.17, 15) is 4.79 Å². The lowest BCUT2D eigenvalue weighted by atomic mass is 10.1. The van der Waals surface area contributed by atoms with Crippen molar-refractivity contribution < 1.29 is 15.0 Å². The lowest BCUT2D eigenvalue weighted by molar-refractivity contribution is -0.138. The van der Waals surface area contributed by atoms with E-state index in [2.05, 4.69) is 6.55 Å². The molecule has 0 fully saturated rings. The Morgan fingerprint density at radius 3 is 2.27 bits per heavy atom. The molecule has 0 spiro atoms. The minimum absolute atomic E-state index is 0.160. The summed E-state index contributed by atoms with van der Waals surface area (Å²) in [5.74, 6) is -0.860. The van der Waals surface area contributed by atoms with Crippen LogP contribution in [0, 0.1) is 0 Å². The van der Waals surface area contributed by atoms with Crippen molar-refractivity contribution in [3.05, 3.63) is 29.8 Å². The summed E-state index contributed by atoms with van der Waals surface area (Å²) in [5, 5.41) is 17.5. The third kappa shape index (κ3) is 5.19. The molecular formula is C10H17NO3Si. The van der Waals surface area contributed by atoms with Crippen LogP contribution in [-0.4, -0.2) is 32.5 Å². The number of carbonyl (C=O) groups is 1. The van der Waals surface area contributed by atoms with Crippen LogP contribution in [0.4, 0.5) is 0 Å². The van der Waals surface area contributed by atoms with Gasteiger partial charge >= 0.3 is 5.97 Å². The number of aliphatic carboxylic acids is 1. The highest BCUT2D eigenvalue weighted by Gasteiger charge is 2.11. The van der Waals surface area contributed by atoms with E-state index in [1.54, 1.807) is 12.1 Å². The molecule has 1 atom stereocenters. The van der Waals surface area contributed by atoms with Crippen LogP contribution in [0.3, 0.4) is 0 Å². The van der Waals surface area contributed by atoms with Crippen LogP contribution in [0.25, 0.3) is 0 Å². The number of phenols is 1. The maximum Gasteiger partial charge on any atom is 0.320 e. The lowest BCUT2D eigenvalue weighted by Crippen LogP contribution is -2.32. The molecule has 0 heterocycles. The third-order valence-electron chi connectivity index (χ3n) is 1.71. The van der Waals surface area contributed by atoms with E-state index >= 15 is 0 Å². The summed E-state index contributed by atoms with van der Waals surface area (Å²) < 4.78 is 0. The van der Waals surface area contributed by atoms with Gasteiger partial charge in [0.2, 0.25) is 0 Å². The number of carboxylic acid groups (broad SMARTS) is 1. The van der Waals surface area contributed by atoms with Crippen LogP contribution in [0.5, 0.6) is 5.75 Å². The average Bonchev–Trinajstić information content (AvgIpc) is 2.24. The summed E-state index contributed by atoms with van der Waals surface area (Å²) in [5.41, 5.74) is 6.12. The first-order valence-electron chi connectivity index (χ1n) is 4.86. The van der Waals surface area contributed by atoms with E-state index < -0.39 is 12.0 Å². The van der Waals surface area contributed by atoms with Crippen LogP contribution in [-0.2, 0) is 11.2 Å². The molecule has 0 aromatic heterocycles. The monoisotopic (exact) mass is 227 g/mol. The van der Waals surface area contributed by atoms with Gasteiger partial charge in [0.15, 0.2) is 0 Å². The number of hydrogen-bond acceptors (Lipinski definition) is 3. The van der Waals surface area contributed by atoms with E-state index in [1.165, 1.54) is 22.4 Å². The van der Waals surface area contributed by atoms with Gasteiger partial charge in [-0.25, -0.2) is 0 Å². The molecule has 0 amide bonds. The topological polar surface area (TPSA) is 83.5 Å². The van der Waals surface area contributed by atoms with E-state index in [-0.39, 0.29) is 12.2 Å². The second-order valence-electron chi connectivity index (χ2n) is 2.82. The van der Waals surface area contributed by atoms with Crippen molar-refractivity contribution in [3.63, 3.8) is 0 Å². The smallest absolute Gasteiger partial charge is 0.320 e. The molecule has 4 nitrogen and oxygen atoms in total. The first-order valence-corrected chi connectivity index (χ1v) is 6.86. The molecule has 0 saturated heterocycles. The Balaban J connectivity index is 0.000000921. The summed E-state index contributed by atoms with van der Waals surface area (Å²) in [6.45, 7) is 2.14. The Morgan fingerprint density at radius 2 is 1.87 bits per heavy atom. The Hall–Kier alpha value is -1.33. The van der Waals surface area contributed by atoms with E-state index in [4.69, 9.17) is 15.9 Å². The zero-order valence-corrected chi connectivity index (χ0v) is 11.0. The largest absolute Gasteiger partial charge is 0.508 e. The molecule has 84 valence electrons. The zero-order valence-electron chi connectivity index (χ0n) is 8.97. The van der Waals surface area contributed by atoms with E-state index in [0.717, 1.165) is 5.56 Å². The highest BCUT2D eigenvalue weighted by molar-refractivity contribution is 6.05. The number of nitrogens with two attached hydrogens (primary N) is 1. The maximum absolute atomic E-state index is 10.4. The standard InChI is InChI=1S/C9H11NO3.CH6Si/c10-8(9(12)13)5-6-1-3-7(11)4-2-6;1-2/h1-4,8,11H,5,10H2,(H,12,13);1-2H3. The summed E-state index contributed by atoms with van der Waals surface area (Å²) in [6, 6.07) is 5.42. The van der Waals surface area contributed by atoms with E-state index in [0.29, 0.717) is 0 Å². The van der Waals surface area contributed by atoms with Crippen LogP contribution < -0.4 is 5.73 Å². The number of hydrogen-bond donors (Lipinski definition) is 3. The van der Waals surface area contributed by atoms with Crippen LogP contribution in [0.2, 0.25) is 6.55 Å². The predicted octanol–water partition coefficient (Wildman–Crippen LogP) is -0.254. The molecule has 0 radical (unpaired) electrons. The molecule has 15 heavy (non-hydrogen) atoms. The zero-order chi connectivity index (χ0) is 11.8. The fraction of sp³-hybridized carbons (Fsp3) is 0.300. The Morgan fingerprint density at radius 1 is 1.40 bits per heavy atom. The van der Waals surface area contributed by atoms with Gasteiger partial charge in [-0.2, -0.15) is 0 Å². The van der Waals surface area contributed by atoms with Crippen LogP contribution in [0.15, 0.2) is 24.3 Å². The fourth-order valence-corrected chi connectivity index (χ4v) is 0.973. The Kier molecular flexibility index (Phi) is 6.40. The van der Waals surface area contributed by atoms with Crippen molar-refractivity contribution in [2.45, 2.75) is 19.0 Å². The molecule has 1 unspecified atom stereocenters. The van der Waals surface area contributed by atoms with Gasteiger partial charge in [-0.15, -0.1) is 0 Å². The molecule has 1 aromatic rings. The maximum atomic E-state index is 10.4. The highest BCUT2D eigenvalue weighted by atomic mass is 28.1. The number of phenolic OH excluding ortho intramolecular Hbond substituents is 1. The van der Waals surface area contributed by atoms with Crippen molar-refractivity contribution in [2.24, 2.45) is 5.73 Å². The van der Waals surface area contributed by atoms with Crippen molar-refractivity contribution >= 4 is 16.2 Å². The SMILES string of the molecule is C[SiH3].NC(Cc1ccc(O)cc1)C(=O)O. The van der Waals surface area contributed by atoms with Gasteiger partial charge in [0, 0.05) is 0 Å². The van der Waals surface area contributed by atoms with Gasteiger partial charge in [-0.05, 0) is 34.4 Å². The molecule has 1 rings (SSSR count). The number of rotatable bonds is 3. The van der Waals surface area contributed by atoms with Crippen LogP contribution in [0.1, 0.15) is 5.56 Å². The lowest BCUT2D eigenvalue weighted by Gasteiger charge is -2.05. The summed E-state index contributed by atoms with van der Waals surface area (Å²) >= 11 is 0. The van der Waals surface area contributed by atoms with Gasteiger partial charge in [-0.1, -0.05) is 18.7 Å².